The second-order valence-corrected chi connectivity index (χ2v) is 7.78. The number of hydrogen-bond acceptors (Lipinski definition) is 3. The molecule has 20 heavy (non-hydrogen) atoms. The third-order valence-corrected chi connectivity index (χ3v) is 5.40. The number of carbonyl (C=O) groups is 2. The fourth-order valence-electron chi connectivity index (χ4n) is 2.42. The lowest BCUT2D eigenvalue weighted by Gasteiger charge is -2.38. The highest BCUT2D eigenvalue weighted by Crippen LogP contribution is 2.30. The van der Waals surface area contributed by atoms with E-state index in [0.29, 0.717) is 19.4 Å². The predicted octanol–water partition coefficient (Wildman–Crippen LogP) is 2.41. The van der Waals surface area contributed by atoms with E-state index in [0.717, 1.165) is 12.3 Å². The molecule has 0 spiro atoms. The number of aliphatic carboxylic acids is 1. The largest absolute Gasteiger partial charge is 0.481 e. The highest BCUT2D eigenvalue weighted by atomic mass is 32.2. The van der Waals surface area contributed by atoms with E-state index in [4.69, 9.17) is 0 Å². The third-order valence-electron chi connectivity index (χ3n) is 4.10. The van der Waals surface area contributed by atoms with Crippen molar-refractivity contribution in [3.05, 3.63) is 0 Å². The lowest BCUT2D eigenvalue weighted by molar-refractivity contribution is -0.149. The smallest absolute Gasteiger partial charge is 0.317 e. The quantitative estimate of drug-likeness (QED) is 0.818. The Kier molecular flexibility index (Phi) is 5.74. The molecule has 2 amide bonds. The molecule has 5 nitrogen and oxygen atoms in total. The summed E-state index contributed by atoms with van der Waals surface area (Å²) >= 11 is 1.86. The van der Waals surface area contributed by atoms with Crippen molar-refractivity contribution < 1.29 is 14.7 Å². The van der Waals surface area contributed by atoms with Gasteiger partial charge in [0.05, 0.1) is 5.41 Å². The Morgan fingerprint density at radius 1 is 1.35 bits per heavy atom. The molecule has 1 fully saturated rings. The van der Waals surface area contributed by atoms with Crippen LogP contribution in [-0.2, 0) is 4.79 Å². The minimum Gasteiger partial charge on any atom is -0.481 e. The molecular weight excluding hydrogens is 276 g/mol. The van der Waals surface area contributed by atoms with E-state index < -0.39 is 11.4 Å². The van der Waals surface area contributed by atoms with Gasteiger partial charge in [0.25, 0.3) is 0 Å². The number of carboxylic acid groups (broad SMARTS) is 1. The molecule has 0 saturated carbocycles. The van der Waals surface area contributed by atoms with Gasteiger partial charge in [-0.1, -0.05) is 13.8 Å². The number of rotatable bonds is 5. The molecule has 0 unspecified atom stereocenters. The summed E-state index contributed by atoms with van der Waals surface area (Å²) in [7, 11) is 0. The summed E-state index contributed by atoms with van der Waals surface area (Å²) in [5.74, 6) is 0.0869. The zero-order valence-electron chi connectivity index (χ0n) is 12.9. The third kappa shape index (κ3) is 4.04. The molecule has 0 aromatic rings. The van der Waals surface area contributed by atoms with Gasteiger partial charge in [-0.25, -0.2) is 4.79 Å². The minimum absolute atomic E-state index is 0.0645. The van der Waals surface area contributed by atoms with Crippen LogP contribution >= 0.6 is 11.8 Å². The van der Waals surface area contributed by atoms with Crippen molar-refractivity contribution in [2.24, 2.45) is 5.41 Å². The molecule has 6 heteroatoms. The second kappa shape index (κ2) is 6.70. The zero-order valence-corrected chi connectivity index (χ0v) is 13.7. The molecule has 0 radical (unpaired) electrons. The molecule has 0 aromatic carbocycles. The van der Waals surface area contributed by atoms with Crippen LogP contribution in [0, 0.1) is 5.41 Å². The number of urea groups is 1. The number of carboxylic acids is 1. The van der Waals surface area contributed by atoms with E-state index >= 15 is 0 Å². The summed E-state index contributed by atoms with van der Waals surface area (Å²) in [4.78, 5) is 25.4. The van der Waals surface area contributed by atoms with Crippen molar-refractivity contribution in [1.29, 1.82) is 0 Å². The van der Waals surface area contributed by atoms with Crippen molar-refractivity contribution in [1.82, 2.24) is 10.2 Å². The Balaban J connectivity index is 2.60. The van der Waals surface area contributed by atoms with E-state index in [-0.39, 0.29) is 17.3 Å². The maximum absolute atomic E-state index is 12.2. The molecule has 0 aromatic heterocycles. The van der Waals surface area contributed by atoms with Crippen LogP contribution < -0.4 is 5.32 Å². The molecule has 1 saturated heterocycles. The summed E-state index contributed by atoms with van der Waals surface area (Å²) in [5, 5.41) is 12.2. The first-order valence-corrected chi connectivity index (χ1v) is 8.15. The number of hydrogen-bond donors (Lipinski definition) is 2. The number of nitrogens with one attached hydrogen (secondary N) is 1. The van der Waals surface area contributed by atoms with E-state index in [1.807, 2.05) is 25.6 Å². The molecule has 2 N–H and O–H groups in total. The number of thioether (sulfide) groups is 1. The monoisotopic (exact) mass is 302 g/mol. The molecular formula is C14H26N2O3S. The van der Waals surface area contributed by atoms with Gasteiger partial charge in [0, 0.05) is 30.1 Å². The van der Waals surface area contributed by atoms with Gasteiger partial charge < -0.3 is 15.3 Å². The van der Waals surface area contributed by atoms with Crippen LogP contribution in [-0.4, -0.2) is 52.1 Å². The fourth-order valence-corrected chi connectivity index (χ4v) is 3.54. The van der Waals surface area contributed by atoms with Gasteiger partial charge in [0.1, 0.15) is 0 Å². The Bertz CT molecular complexity index is 367. The van der Waals surface area contributed by atoms with E-state index in [2.05, 4.69) is 19.2 Å². The van der Waals surface area contributed by atoms with Gasteiger partial charge in [-0.2, -0.15) is 11.8 Å². The standard InChI is InChI=1S/C14H26N2O3S/c1-5-14(6-2,11(17)18)9-15-12(19)16-7-8-20-13(3,4)10-16/h5-10H2,1-4H3,(H,15,19)(H,17,18). The zero-order chi connectivity index (χ0) is 15.4. The highest BCUT2D eigenvalue weighted by molar-refractivity contribution is 8.00. The Labute approximate surface area is 125 Å². The summed E-state index contributed by atoms with van der Waals surface area (Å²) < 4.78 is 0.0645. The number of carbonyl (C=O) groups excluding carboxylic acids is 1. The number of amides is 2. The average molecular weight is 302 g/mol. The predicted molar refractivity (Wildman–Crippen MR) is 82.2 cm³/mol. The summed E-state index contributed by atoms with van der Waals surface area (Å²) in [5.41, 5.74) is -0.851. The van der Waals surface area contributed by atoms with Crippen LogP contribution in [0.1, 0.15) is 40.5 Å². The molecule has 0 bridgehead atoms. The highest BCUT2D eigenvalue weighted by Gasteiger charge is 2.36. The molecule has 0 aliphatic carbocycles. The van der Waals surface area contributed by atoms with Crippen LogP contribution in [0.2, 0.25) is 0 Å². The molecule has 1 aliphatic heterocycles. The minimum atomic E-state index is -0.851. The first-order chi connectivity index (χ1) is 9.26. The van der Waals surface area contributed by atoms with Gasteiger partial charge in [-0.05, 0) is 26.7 Å². The Morgan fingerprint density at radius 2 is 1.95 bits per heavy atom. The van der Waals surface area contributed by atoms with E-state index in [9.17, 15) is 14.7 Å². The van der Waals surface area contributed by atoms with Crippen LogP contribution in [0.25, 0.3) is 0 Å². The van der Waals surface area contributed by atoms with Gasteiger partial charge in [-0.15, -0.1) is 0 Å². The summed E-state index contributed by atoms with van der Waals surface area (Å²) in [6, 6.07) is -0.147. The molecule has 116 valence electrons. The van der Waals surface area contributed by atoms with Crippen LogP contribution in [0.4, 0.5) is 4.79 Å². The number of nitrogens with zero attached hydrogens (tertiary/aromatic N) is 1. The van der Waals surface area contributed by atoms with Gasteiger partial charge in [-0.3, -0.25) is 4.79 Å². The van der Waals surface area contributed by atoms with Crippen LogP contribution in [0.3, 0.4) is 0 Å². The van der Waals surface area contributed by atoms with Crippen LogP contribution in [0.15, 0.2) is 0 Å². The topological polar surface area (TPSA) is 69.6 Å². The van der Waals surface area contributed by atoms with Gasteiger partial charge >= 0.3 is 12.0 Å². The van der Waals surface area contributed by atoms with Crippen molar-refractivity contribution in [2.75, 3.05) is 25.4 Å². The normalized spacial score (nSPS) is 18.7. The van der Waals surface area contributed by atoms with Crippen LogP contribution in [0.5, 0.6) is 0 Å². The molecule has 0 atom stereocenters. The first-order valence-electron chi connectivity index (χ1n) is 7.16. The average Bonchev–Trinajstić information content (AvgIpc) is 2.38. The summed E-state index contributed by atoms with van der Waals surface area (Å²) in [6.45, 7) is 9.56. The van der Waals surface area contributed by atoms with Crippen molar-refractivity contribution in [3.8, 4) is 0 Å². The fraction of sp³-hybridized carbons (Fsp3) is 0.857. The maximum atomic E-state index is 12.2. The maximum Gasteiger partial charge on any atom is 0.317 e. The van der Waals surface area contributed by atoms with E-state index in [1.165, 1.54) is 0 Å². The Morgan fingerprint density at radius 3 is 2.40 bits per heavy atom. The van der Waals surface area contributed by atoms with E-state index in [1.54, 1.807) is 4.90 Å². The molecule has 1 heterocycles. The summed E-state index contributed by atoms with van der Waals surface area (Å²) in [6.07, 6.45) is 1.03. The van der Waals surface area contributed by atoms with Gasteiger partial charge in [0.15, 0.2) is 0 Å². The SMILES string of the molecule is CCC(CC)(CNC(=O)N1CCSC(C)(C)C1)C(=O)O. The van der Waals surface area contributed by atoms with Crippen molar-refractivity contribution >= 4 is 23.8 Å². The van der Waals surface area contributed by atoms with Crippen molar-refractivity contribution in [2.45, 2.75) is 45.3 Å². The Hall–Kier alpha value is -0.910. The van der Waals surface area contributed by atoms with Crippen molar-refractivity contribution in [3.63, 3.8) is 0 Å². The lowest BCUT2D eigenvalue weighted by atomic mass is 9.82. The first kappa shape index (κ1) is 17.1. The van der Waals surface area contributed by atoms with Gasteiger partial charge in [0.2, 0.25) is 0 Å². The second-order valence-electron chi connectivity index (χ2n) is 5.98. The molecule has 1 rings (SSSR count). The molecule has 1 aliphatic rings. The lowest BCUT2D eigenvalue weighted by Crippen LogP contribution is -2.52.